The van der Waals surface area contributed by atoms with Gasteiger partial charge in [-0.05, 0) is 134 Å². The molecule has 2 aliphatic rings. The van der Waals surface area contributed by atoms with Crippen molar-refractivity contribution in [1.29, 1.82) is 0 Å². The number of fused-ring (bicyclic) bond motifs is 8. The molecule has 0 fully saturated rings. The molecule has 0 saturated carbocycles. The number of rotatable bonds is 6. The van der Waals surface area contributed by atoms with Gasteiger partial charge in [-0.3, -0.25) is 0 Å². The molecule has 292 valence electrons. The summed E-state index contributed by atoms with van der Waals surface area (Å²) in [5.41, 5.74) is 18.8. The molecule has 3 nitrogen and oxygen atoms in total. The fraction of sp³-hybridized carbons (Fsp3) is 0.103. The predicted octanol–water partition coefficient (Wildman–Crippen LogP) is 14.9. The highest BCUT2D eigenvalue weighted by molar-refractivity contribution is 6.09. The monoisotopic (exact) mass is 783 g/mol. The number of benzene rings is 9. The van der Waals surface area contributed by atoms with Gasteiger partial charge in [0.05, 0.1) is 11.0 Å². The maximum Gasteiger partial charge on any atom is 0.0541 e. The van der Waals surface area contributed by atoms with Crippen molar-refractivity contribution in [3.05, 3.63) is 222 Å². The van der Waals surface area contributed by atoms with E-state index in [0.717, 1.165) is 42.3 Å². The number of hydrogen-bond acceptors (Lipinski definition) is 2. The van der Waals surface area contributed by atoms with E-state index < -0.39 is 0 Å². The molecule has 1 aromatic heterocycles. The first kappa shape index (κ1) is 35.6. The van der Waals surface area contributed by atoms with Crippen LogP contribution in [0.25, 0.3) is 60.5 Å². The Morgan fingerprint density at radius 3 is 1.97 bits per heavy atom. The predicted molar refractivity (Wildman–Crippen MR) is 257 cm³/mol. The van der Waals surface area contributed by atoms with Crippen LogP contribution in [-0.2, 0) is 18.4 Å². The molecule has 61 heavy (non-hydrogen) atoms. The first-order chi connectivity index (χ1) is 30.0. The summed E-state index contributed by atoms with van der Waals surface area (Å²) in [5.74, 6) is 0. The number of nitrogens with zero attached hydrogens (tertiary/aromatic N) is 3. The standard InChI is InChI=1S/C58H45N3/c1-58(2)53-24-11-8-23-51(53)57-52(42-28-27-40-31-32-59(38-43(40)33-42)44-17-4-3-5-18-44)36-48(37-54(57)58)60(47-30-29-39-15-6-7-16-41(39)34-47)45-19-14-20-46(35-45)61-55-25-12-9-21-49(55)50-22-10-13-26-56(50)61/h3-30,33-37H,31-32,38H2,1-2H3. The van der Waals surface area contributed by atoms with Gasteiger partial charge in [0.25, 0.3) is 0 Å². The highest BCUT2D eigenvalue weighted by Gasteiger charge is 2.38. The van der Waals surface area contributed by atoms with Crippen LogP contribution in [0.5, 0.6) is 0 Å². The van der Waals surface area contributed by atoms with Gasteiger partial charge in [-0.1, -0.05) is 141 Å². The van der Waals surface area contributed by atoms with Crippen molar-refractivity contribution in [1.82, 2.24) is 4.57 Å². The average molecular weight is 784 g/mol. The molecule has 0 spiro atoms. The van der Waals surface area contributed by atoms with Gasteiger partial charge in [0.1, 0.15) is 0 Å². The zero-order chi connectivity index (χ0) is 40.7. The lowest BCUT2D eigenvalue weighted by Crippen LogP contribution is -2.30. The number of para-hydroxylation sites is 3. The maximum absolute atomic E-state index is 2.52. The largest absolute Gasteiger partial charge is 0.367 e. The fourth-order valence-electron chi connectivity index (χ4n) is 10.5. The smallest absolute Gasteiger partial charge is 0.0541 e. The number of hydrogen-bond donors (Lipinski definition) is 0. The van der Waals surface area contributed by atoms with Gasteiger partial charge in [-0.2, -0.15) is 0 Å². The molecule has 0 unspecified atom stereocenters. The van der Waals surface area contributed by atoms with Crippen LogP contribution < -0.4 is 9.80 Å². The zero-order valence-electron chi connectivity index (χ0n) is 34.5. The summed E-state index contributed by atoms with van der Waals surface area (Å²) in [6.45, 7) is 6.73. The second kappa shape index (κ2) is 13.9. The van der Waals surface area contributed by atoms with E-state index in [4.69, 9.17) is 0 Å². The molecule has 1 aliphatic heterocycles. The molecule has 0 amide bonds. The Morgan fingerprint density at radius 1 is 0.459 bits per heavy atom. The lowest BCUT2D eigenvalue weighted by molar-refractivity contribution is 0.660. The van der Waals surface area contributed by atoms with Crippen LogP contribution in [-0.4, -0.2) is 11.1 Å². The first-order valence-corrected chi connectivity index (χ1v) is 21.6. The van der Waals surface area contributed by atoms with Gasteiger partial charge in [-0.25, -0.2) is 0 Å². The van der Waals surface area contributed by atoms with Gasteiger partial charge in [-0.15, -0.1) is 0 Å². The van der Waals surface area contributed by atoms with Crippen molar-refractivity contribution < 1.29 is 0 Å². The Bertz CT molecular complexity index is 3280. The van der Waals surface area contributed by atoms with Gasteiger partial charge < -0.3 is 14.4 Å². The van der Waals surface area contributed by atoms with Crippen LogP contribution >= 0.6 is 0 Å². The summed E-state index contributed by atoms with van der Waals surface area (Å²) >= 11 is 0. The Labute approximate surface area is 357 Å². The van der Waals surface area contributed by atoms with Crippen molar-refractivity contribution in [2.24, 2.45) is 0 Å². The SMILES string of the molecule is CC1(C)c2ccccc2-c2c(-c3ccc4c(c3)CN(c3ccccc3)CC4)cc(N(c3cccc(-n4c5ccccc5c5ccccc54)c3)c3ccc4ccccc4c3)cc21. The number of aromatic nitrogens is 1. The highest BCUT2D eigenvalue weighted by Crippen LogP contribution is 2.55. The van der Waals surface area contributed by atoms with Crippen LogP contribution in [0.15, 0.2) is 200 Å². The molecule has 0 N–H and O–H groups in total. The van der Waals surface area contributed by atoms with E-state index >= 15 is 0 Å². The molecule has 3 heteroatoms. The third kappa shape index (κ3) is 5.72. The van der Waals surface area contributed by atoms with E-state index in [1.54, 1.807) is 0 Å². The van der Waals surface area contributed by atoms with E-state index in [0.29, 0.717) is 0 Å². The topological polar surface area (TPSA) is 11.4 Å². The summed E-state index contributed by atoms with van der Waals surface area (Å²) in [4.78, 5) is 5.01. The summed E-state index contributed by atoms with van der Waals surface area (Å²) in [7, 11) is 0. The fourth-order valence-corrected chi connectivity index (χ4v) is 10.5. The minimum absolute atomic E-state index is 0.200. The second-order valence-electron chi connectivity index (χ2n) is 17.3. The maximum atomic E-state index is 2.52. The van der Waals surface area contributed by atoms with Crippen molar-refractivity contribution in [3.63, 3.8) is 0 Å². The lowest BCUT2D eigenvalue weighted by atomic mass is 9.81. The summed E-state index contributed by atoms with van der Waals surface area (Å²) in [6.07, 6.45) is 1.04. The first-order valence-electron chi connectivity index (χ1n) is 21.6. The van der Waals surface area contributed by atoms with Crippen LogP contribution in [0.4, 0.5) is 22.7 Å². The van der Waals surface area contributed by atoms with Gasteiger partial charge in [0.15, 0.2) is 0 Å². The Morgan fingerprint density at radius 2 is 1.15 bits per heavy atom. The van der Waals surface area contributed by atoms with E-state index in [2.05, 4.69) is 228 Å². The molecule has 0 radical (unpaired) electrons. The van der Waals surface area contributed by atoms with E-state index in [9.17, 15) is 0 Å². The molecule has 12 rings (SSSR count). The third-order valence-corrected chi connectivity index (χ3v) is 13.5. The van der Waals surface area contributed by atoms with E-state index in [1.807, 2.05) is 0 Å². The summed E-state index contributed by atoms with van der Waals surface area (Å²) < 4.78 is 2.42. The molecule has 0 atom stereocenters. The Balaban J connectivity index is 1.09. The molecule has 9 aromatic carbocycles. The van der Waals surface area contributed by atoms with Crippen LogP contribution in [0.1, 0.15) is 36.1 Å². The quantitative estimate of drug-likeness (QED) is 0.166. The highest BCUT2D eigenvalue weighted by atomic mass is 15.1. The third-order valence-electron chi connectivity index (χ3n) is 13.5. The molecule has 0 saturated heterocycles. The molecule has 2 heterocycles. The van der Waals surface area contributed by atoms with Crippen molar-refractivity contribution in [3.8, 4) is 27.9 Å². The van der Waals surface area contributed by atoms with Gasteiger partial charge >= 0.3 is 0 Å². The second-order valence-corrected chi connectivity index (χ2v) is 17.3. The summed E-state index contributed by atoms with van der Waals surface area (Å²) in [6, 6.07) is 74.4. The molecular weight excluding hydrogens is 739 g/mol. The Hall–Kier alpha value is -7.36. The Kier molecular flexibility index (Phi) is 8.08. The normalized spacial score (nSPS) is 14.0. The minimum atomic E-state index is -0.200. The van der Waals surface area contributed by atoms with Gasteiger partial charge in [0.2, 0.25) is 0 Å². The molecular formula is C58H45N3. The molecule has 10 aromatic rings. The van der Waals surface area contributed by atoms with Crippen molar-refractivity contribution in [2.75, 3.05) is 16.3 Å². The molecule has 1 aliphatic carbocycles. The summed E-state index contributed by atoms with van der Waals surface area (Å²) in [5, 5.41) is 4.97. The van der Waals surface area contributed by atoms with Gasteiger partial charge in [0, 0.05) is 57.7 Å². The minimum Gasteiger partial charge on any atom is -0.367 e. The lowest BCUT2D eigenvalue weighted by Gasteiger charge is -2.32. The van der Waals surface area contributed by atoms with E-state index in [1.165, 1.54) is 82.8 Å². The number of anilines is 4. The van der Waals surface area contributed by atoms with Crippen LogP contribution in [0.2, 0.25) is 0 Å². The van der Waals surface area contributed by atoms with E-state index in [-0.39, 0.29) is 5.41 Å². The molecule has 0 bridgehead atoms. The van der Waals surface area contributed by atoms with Crippen LogP contribution in [0.3, 0.4) is 0 Å². The zero-order valence-corrected chi connectivity index (χ0v) is 34.5. The van der Waals surface area contributed by atoms with Crippen molar-refractivity contribution in [2.45, 2.75) is 32.2 Å². The van der Waals surface area contributed by atoms with Crippen LogP contribution in [0, 0.1) is 0 Å². The van der Waals surface area contributed by atoms with Crippen molar-refractivity contribution >= 4 is 55.3 Å². The average Bonchev–Trinajstić information content (AvgIpc) is 3.77.